The number of carbonyl (C=O) groups is 1. The first-order chi connectivity index (χ1) is 12.6. The highest BCUT2D eigenvalue weighted by Gasteiger charge is 2.09. The number of hydrogen-bond donors (Lipinski definition) is 2. The lowest BCUT2D eigenvalue weighted by Crippen LogP contribution is -2.13. The molecule has 0 unspecified atom stereocenters. The van der Waals surface area contributed by atoms with Crippen LogP contribution in [0.5, 0.6) is 0 Å². The molecule has 0 atom stereocenters. The Balaban J connectivity index is 1.59. The second kappa shape index (κ2) is 8.45. The van der Waals surface area contributed by atoms with Gasteiger partial charge in [0.1, 0.15) is 5.82 Å². The molecular weight excluding hydrogens is 353 g/mol. The van der Waals surface area contributed by atoms with Crippen molar-refractivity contribution >= 4 is 28.9 Å². The van der Waals surface area contributed by atoms with E-state index in [2.05, 4.69) is 15.6 Å². The molecule has 2 N–H and O–H groups in total. The lowest BCUT2D eigenvalue weighted by Gasteiger charge is -2.09. The van der Waals surface area contributed by atoms with Crippen molar-refractivity contribution in [3.63, 3.8) is 0 Å². The standard InChI is InChI=1S/C20H17ClFN3O/c21-18-3-1-2-4-19(18)25-20(26)15-11-17(13-23-12-15)24-10-9-14-5-7-16(22)8-6-14/h1-8,11-13,24H,9-10H2,(H,25,26). The number of nitrogens with zero attached hydrogens (tertiary/aromatic N) is 1. The summed E-state index contributed by atoms with van der Waals surface area (Å²) in [6.07, 6.45) is 3.88. The SMILES string of the molecule is O=C(Nc1ccccc1Cl)c1cncc(NCCc2ccc(F)cc2)c1. The number of anilines is 2. The number of rotatable bonds is 6. The minimum Gasteiger partial charge on any atom is -0.383 e. The van der Waals surface area contributed by atoms with E-state index in [0.717, 1.165) is 17.7 Å². The summed E-state index contributed by atoms with van der Waals surface area (Å²) in [5.41, 5.74) is 2.74. The summed E-state index contributed by atoms with van der Waals surface area (Å²) in [6.45, 7) is 0.642. The lowest BCUT2D eigenvalue weighted by atomic mass is 10.1. The topological polar surface area (TPSA) is 54.0 Å². The summed E-state index contributed by atoms with van der Waals surface area (Å²) >= 11 is 6.06. The minimum atomic E-state index is -0.284. The van der Waals surface area contributed by atoms with Crippen molar-refractivity contribution in [2.75, 3.05) is 17.2 Å². The van der Waals surface area contributed by atoms with Gasteiger partial charge in [-0.2, -0.15) is 0 Å². The maximum atomic E-state index is 12.9. The molecule has 4 nitrogen and oxygen atoms in total. The Hall–Kier alpha value is -2.92. The number of benzene rings is 2. The molecule has 1 aromatic heterocycles. The van der Waals surface area contributed by atoms with Crippen LogP contribution < -0.4 is 10.6 Å². The Morgan fingerprint density at radius 3 is 2.62 bits per heavy atom. The van der Waals surface area contributed by atoms with Gasteiger partial charge in [-0.05, 0) is 42.3 Å². The van der Waals surface area contributed by atoms with Gasteiger partial charge >= 0.3 is 0 Å². The van der Waals surface area contributed by atoms with E-state index in [4.69, 9.17) is 11.6 Å². The lowest BCUT2D eigenvalue weighted by molar-refractivity contribution is 0.102. The van der Waals surface area contributed by atoms with Crippen molar-refractivity contribution in [2.45, 2.75) is 6.42 Å². The maximum Gasteiger partial charge on any atom is 0.257 e. The molecule has 0 aliphatic heterocycles. The molecule has 1 heterocycles. The van der Waals surface area contributed by atoms with E-state index < -0.39 is 0 Å². The van der Waals surface area contributed by atoms with Crippen LogP contribution in [0.3, 0.4) is 0 Å². The number of carbonyl (C=O) groups excluding carboxylic acids is 1. The molecule has 0 fully saturated rings. The fourth-order valence-corrected chi connectivity index (χ4v) is 2.60. The molecule has 26 heavy (non-hydrogen) atoms. The number of nitrogens with one attached hydrogen (secondary N) is 2. The summed E-state index contributed by atoms with van der Waals surface area (Å²) in [6, 6.07) is 15.2. The summed E-state index contributed by atoms with van der Waals surface area (Å²) in [4.78, 5) is 16.5. The van der Waals surface area contributed by atoms with Crippen molar-refractivity contribution in [1.82, 2.24) is 4.98 Å². The zero-order valence-electron chi connectivity index (χ0n) is 13.9. The average Bonchev–Trinajstić information content (AvgIpc) is 2.65. The first-order valence-corrected chi connectivity index (χ1v) is 8.49. The first-order valence-electron chi connectivity index (χ1n) is 8.11. The van der Waals surface area contributed by atoms with Gasteiger partial charge < -0.3 is 10.6 Å². The number of pyridine rings is 1. The van der Waals surface area contributed by atoms with Crippen molar-refractivity contribution in [3.05, 3.63) is 89.0 Å². The molecule has 3 aromatic rings. The highest BCUT2D eigenvalue weighted by molar-refractivity contribution is 6.33. The van der Waals surface area contributed by atoms with Crippen LogP contribution in [0.15, 0.2) is 67.0 Å². The number of halogens is 2. The van der Waals surface area contributed by atoms with E-state index in [-0.39, 0.29) is 11.7 Å². The maximum absolute atomic E-state index is 12.9. The zero-order valence-corrected chi connectivity index (χ0v) is 14.6. The Bertz CT molecular complexity index is 900. The highest BCUT2D eigenvalue weighted by atomic mass is 35.5. The molecule has 0 aliphatic rings. The van der Waals surface area contributed by atoms with E-state index in [0.29, 0.717) is 22.8 Å². The second-order valence-electron chi connectivity index (χ2n) is 5.70. The van der Waals surface area contributed by atoms with Crippen molar-refractivity contribution in [3.8, 4) is 0 Å². The molecule has 132 valence electrons. The number of para-hydroxylation sites is 1. The second-order valence-corrected chi connectivity index (χ2v) is 6.11. The summed E-state index contributed by atoms with van der Waals surface area (Å²) in [5, 5.41) is 6.46. The van der Waals surface area contributed by atoms with Crippen LogP contribution in [0.1, 0.15) is 15.9 Å². The van der Waals surface area contributed by atoms with E-state index >= 15 is 0 Å². The smallest absolute Gasteiger partial charge is 0.257 e. The summed E-state index contributed by atoms with van der Waals surface area (Å²) < 4.78 is 12.9. The van der Waals surface area contributed by atoms with Gasteiger partial charge in [-0.15, -0.1) is 0 Å². The monoisotopic (exact) mass is 369 g/mol. The van der Waals surface area contributed by atoms with Crippen molar-refractivity contribution in [1.29, 1.82) is 0 Å². The number of aromatic nitrogens is 1. The van der Waals surface area contributed by atoms with Gasteiger partial charge in [0.25, 0.3) is 5.91 Å². The van der Waals surface area contributed by atoms with Crippen LogP contribution in [0.4, 0.5) is 15.8 Å². The molecule has 0 saturated carbocycles. The third kappa shape index (κ3) is 4.80. The molecule has 0 spiro atoms. The van der Waals surface area contributed by atoms with Gasteiger partial charge in [0, 0.05) is 18.9 Å². The van der Waals surface area contributed by atoms with Gasteiger partial charge in [-0.25, -0.2) is 4.39 Å². The normalized spacial score (nSPS) is 10.4. The van der Waals surface area contributed by atoms with E-state index in [9.17, 15) is 9.18 Å². The van der Waals surface area contributed by atoms with Crippen molar-refractivity contribution in [2.24, 2.45) is 0 Å². The Kier molecular flexibility index (Phi) is 5.81. The third-order valence-corrected chi connectivity index (χ3v) is 4.11. The Morgan fingerprint density at radius 1 is 1.08 bits per heavy atom. The fourth-order valence-electron chi connectivity index (χ4n) is 2.42. The molecule has 0 aliphatic carbocycles. The molecule has 6 heteroatoms. The largest absolute Gasteiger partial charge is 0.383 e. The van der Waals surface area contributed by atoms with Crippen LogP contribution in [-0.4, -0.2) is 17.4 Å². The fraction of sp³-hybridized carbons (Fsp3) is 0.100. The van der Waals surface area contributed by atoms with Crippen LogP contribution in [0, 0.1) is 5.82 Å². The molecule has 1 amide bonds. The van der Waals surface area contributed by atoms with Crippen LogP contribution in [0.25, 0.3) is 0 Å². The molecule has 0 saturated heterocycles. The van der Waals surface area contributed by atoms with Gasteiger partial charge in [0.2, 0.25) is 0 Å². The molecular formula is C20H17ClFN3O. The van der Waals surface area contributed by atoms with Gasteiger partial charge in [-0.1, -0.05) is 35.9 Å². The molecule has 2 aromatic carbocycles. The number of amides is 1. The predicted octanol–water partition coefficient (Wildman–Crippen LogP) is 4.78. The van der Waals surface area contributed by atoms with Gasteiger partial charge in [0.15, 0.2) is 0 Å². The van der Waals surface area contributed by atoms with E-state index in [1.165, 1.54) is 18.3 Å². The van der Waals surface area contributed by atoms with E-state index in [1.807, 2.05) is 0 Å². The zero-order chi connectivity index (χ0) is 18.4. The molecule has 0 bridgehead atoms. The number of hydrogen-bond acceptors (Lipinski definition) is 3. The van der Waals surface area contributed by atoms with Crippen LogP contribution >= 0.6 is 11.6 Å². The minimum absolute atomic E-state index is 0.247. The van der Waals surface area contributed by atoms with Crippen LogP contribution in [0.2, 0.25) is 5.02 Å². The van der Waals surface area contributed by atoms with E-state index in [1.54, 1.807) is 48.7 Å². The Morgan fingerprint density at radius 2 is 1.85 bits per heavy atom. The molecule has 3 rings (SSSR count). The predicted molar refractivity (Wildman–Crippen MR) is 102 cm³/mol. The highest BCUT2D eigenvalue weighted by Crippen LogP contribution is 2.21. The quantitative estimate of drug-likeness (QED) is 0.657. The van der Waals surface area contributed by atoms with Crippen LogP contribution in [-0.2, 0) is 6.42 Å². The molecule has 0 radical (unpaired) electrons. The first kappa shape index (κ1) is 17.9. The average molecular weight is 370 g/mol. The third-order valence-electron chi connectivity index (χ3n) is 3.78. The summed E-state index contributed by atoms with van der Waals surface area (Å²) in [5.74, 6) is -0.532. The van der Waals surface area contributed by atoms with Gasteiger partial charge in [0.05, 0.1) is 22.0 Å². The Labute approximate surface area is 156 Å². The van der Waals surface area contributed by atoms with Gasteiger partial charge in [-0.3, -0.25) is 9.78 Å². The van der Waals surface area contributed by atoms with Crippen molar-refractivity contribution < 1.29 is 9.18 Å². The summed E-state index contributed by atoms with van der Waals surface area (Å²) in [7, 11) is 0.